The normalized spacial score (nSPS) is 14.3. The van der Waals surface area contributed by atoms with E-state index in [4.69, 9.17) is 9.47 Å². The number of carbonyl (C=O) groups is 1. The number of anilines is 1. The van der Waals surface area contributed by atoms with E-state index in [2.05, 4.69) is 56.4 Å². The molecule has 9 nitrogen and oxygen atoms in total. The van der Waals surface area contributed by atoms with Crippen LogP contribution in [0.25, 0.3) is 22.2 Å². The van der Waals surface area contributed by atoms with Crippen molar-refractivity contribution in [1.29, 1.82) is 0 Å². The van der Waals surface area contributed by atoms with Crippen LogP contribution in [0.1, 0.15) is 40.4 Å². The maximum atomic E-state index is 12.0. The summed E-state index contributed by atoms with van der Waals surface area (Å²) in [5, 5.41) is 11.8. The number of carbonyl (C=O) groups excluding carboxylic acids is 1. The lowest BCUT2D eigenvalue weighted by Crippen LogP contribution is -2.31. The van der Waals surface area contributed by atoms with E-state index in [0.717, 1.165) is 39.1 Å². The van der Waals surface area contributed by atoms with Gasteiger partial charge in [-0.05, 0) is 36.2 Å². The number of nitrogens with one attached hydrogen (secondary N) is 2. The molecule has 1 unspecified atom stereocenters. The Bertz CT molecular complexity index is 1410. The molecular weight excluding hydrogens is 456 g/mol. The van der Waals surface area contributed by atoms with Gasteiger partial charge in [-0.3, -0.25) is 9.48 Å². The Hall–Kier alpha value is -3.98. The quantitative estimate of drug-likeness (QED) is 0.389. The van der Waals surface area contributed by atoms with Crippen molar-refractivity contribution >= 4 is 22.6 Å². The van der Waals surface area contributed by atoms with Crippen molar-refractivity contribution in [2.24, 2.45) is 0 Å². The second-order valence-corrected chi connectivity index (χ2v) is 9.06. The van der Waals surface area contributed by atoms with Gasteiger partial charge in [-0.2, -0.15) is 5.10 Å². The molecule has 0 radical (unpaired) electrons. The Morgan fingerprint density at radius 1 is 1.22 bits per heavy atom. The zero-order valence-corrected chi connectivity index (χ0v) is 20.9. The van der Waals surface area contributed by atoms with Gasteiger partial charge in [0.2, 0.25) is 0 Å². The van der Waals surface area contributed by atoms with E-state index in [-0.39, 0.29) is 11.8 Å². The molecule has 1 amide bonds. The number of ether oxygens (including phenoxy) is 2. The van der Waals surface area contributed by atoms with Crippen LogP contribution in [0.4, 0.5) is 5.82 Å². The molecule has 4 aromatic rings. The molecule has 2 N–H and O–H groups in total. The molecule has 0 saturated carbocycles. The van der Waals surface area contributed by atoms with Crippen LogP contribution < -0.4 is 15.4 Å². The fourth-order valence-electron chi connectivity index (χ4n) is 4.56. The van der Waals surface area contributed by atoms with E-state index in [0.29, 0.717) is 37.1 Å². The minimum atomic E-state index is -0.142. The van der Waals surface area contributed by atoms with Gasteiger partial charge in [0.1, 0.15) is 17.9 Å². The van der Waals surface area contributed by atoms with Crippen LogP contribution in [0.3, 0.4) is 0 Å². The summed E-state index contributed by atoms with van der Waals surface area (Å²) in [6, 6.07) is 12.0. The standard InChI is InChI=1S/C27H30N6O3/c1-16(20-6-5-18(27(34)28-3)9-25(20)35-4)11-29-26-10-23(30-15-31-26)21-7-8-24-22(17(21)2)12-32-33(24)19-13-36-14-19/h5-10,12,15-16,19H,11,13-14H2,1-4H3,(H,28,34)(H,29,30,31). The molecule has 5 rings (SSSR count). The number of hydrogen-bond donors (Lipinski definition) is 2. The fourth-order valence-corrected chi connectivity index (χ4v) is 4.56. The summed E-state index contributed by atoms with van der Waals surface area (Å²) in [5.74, 6) is 1.41. The summed E-state index contributed by atoms with van der Waals surface area (Å²) >= 11 is 0. The maximum absolute atomic E-state index is 12.0. The van der Waals surface area contributed by atoms with E-state index in [1.807, 2.05) is 24.4 Å². The zero-order valence-electron chi connectivity index (χ0n) is 20.9. The average molecular weight is 487 g/mol. The van der Waals surface area contributed by atoms with Gasteiger partial charge in [-0.1, -0.05) is 19.1 Å². The third kappa shape index (κ3) is 4.37. The third-order valence-electron chi connectivity index (χ3n) is 6.80. The fraction of sp³-hybridized carbons (Fsp3) is 0.333. The SMILES string of the molecule is CNC(=O)c1ccc(C(C)CNc2cc(-c3ccc4c(cnn4C4COC4)c3C)ncn2)c(OC)c1. The van der Waals surface area contributed by atoms with Crippen LogP contribution >= 0.6 is 0 Å². The highest BCUT2D eigenvalue weighted by atomic mass is 16.5. The van der Waals surface area contributed by atoms with E-state index < -0.39 is 0 Å². The number of nitrogens with zero attached hydrogens (tertiary/aromatic N) is 4. The predicted octanol–water partition coefficient (Wildman–Crippen LogP) is 3.96. The zero-order chi connectivity index (χ0) is 25.2. The molecular formula is C27H30N6O3. The maximum Gasteiger partial charge on any atom is 0.251 e. The Morgan fingerprint density at radius 3 is 2.78 bits per heavy atom. The first-order chi connectivity index (χ1) is 17.5. The van der Waals surface area contributed by atoms with E-state index in [1.165, 1.54) is 0 Å². The largest absolute Gasteiger partial charge is 0.496 e. The van der Waals surface area contributed by atoms with Gasteiger partial charge >= 0.3 is 0 Å². The molecule has 3 heterocycles. The second-order valence-electron chi connectivity index (χ2n) is 9.06. The lowest BCUT2D eigenvalue weighted by molar-refractivity contribution is -0.0266. The van der Waals surface area contributed by atoms with Gasteiger partial charge in [-0.15, -0.1) is 0 Å². The highest BCUT2D eigenvalue weighted by molar-refractivity contribution is 5.94. The monoisotopic (exact) mass is 486 g/mol. The molecule has 2 aromatic heterocycles. The first kappa shape index (κ1) is 23.7. The van der Waals surface area contributed by atoms with Crippen molar-refractivity contribution in [3.63, 3.8) is 0 Å². The van der Waals surface area contributed by atoms with Gasteiger partial charge in [0.05, 0.1) is 43.8 Å². The van der Waals surface area contributed by atoms with Crippen LogP contribution in [0.2, 0.25) is 0 Å². The summed E-state index contributed by atoms with van der Waals surface area (Å²) in [7, 11) is 3.23. The topological polar surface area (TPSA) is 103 Å². The number of benzene rings is 2. The summed E-state index contributed by atoms with van der Waals surface area (Å²) in [5.41, 5.74) is 5.74. The molecule has 0 aliphatic carbocycles. The number of methoxy groups -OCH3 is 1. The first-order valence-electron chi connectivity index (χ1n) is 12.0. The molecule has 9 heteroatoms. The first-order valence-corrected chi connectivity index (χ1v) is 12.0. The lowest BCUT2D eigenvalue weighted by atomic mass is 9.98. The molecule has 1 aliphatic rings. The smallest absolute Gasteiger partial charge is 0.251 e. The minimum Gasteiger partial charge on any atom is -0.496 e. The Balaban J connectivity index is 1.34. The number of aromatic nitrogens is 4. The van der Waals surface area contributed by atoms with Crippen molar-refractivity contribution in [1.82, 2.24) is 25.1 Å². The number of hydrogen-bond acceptors (Lipinski definition) is 7. The predicted molar refractivity (Wildman–Crippen MR) is 139 cm³/mol. The van der Waals surface area contributed by atoms with Gasteiger partial charge in [-0.25, -0.2) is 9.97 Å². The molecule has 2 aromatic carbocycles. The summed E-state index contributed by atoms with van der Waals surface area (Å²) in [6.07, 6.45) is 3.51. The van der Waals surface area contributed by atoms with E-state index >= 15 is 0 Å². The van der Waals surface area contributed by atoms with Crippen LogP contribution in [0.5, 0.6) is 5.75 Å². The summed E-state index contributed by atoms with van der Waals surface area (Å²) < 4.78 is 13.0. The highest BCUT2D eigenvalue weighted by Gasteiger charge is 2.23. The average Bonchev–Trinajstić information content (AvgIpc) is 3.30. The number of rotatable bonds is 8. The number of aryl methyl sites for hydroxylation is 1. The van der Waals surface area contributed by atoms with Crippen LogP contribution in [-0.4, -0.2) is 59.6 Å². The third-order valence-corrected chi connectivity index (χ3v) is 6.80. The minimum absolute atomic E-state index is 0.122. The van der Waals surface area contributed by atoms with Gasteiger partial charge < -0.3 is 20.1 Å². The van der Waals surface area contributed by atoms with Gasteiger partial charge in [0.15, 0.2) is 0 Å². The number of fused-ring (bicyclic) bond motifs is 1. The van der Waals surface area contributed by atoms with E-state index in [1.54, 1.807) is 26.6 Å². The molecule has 1 saturated heterocycles. The van der Waals surface area contributed by atoms with Gasteiger partial charge in [0.25, 0.3) is 5.91 Å². The van der Waals surface area contributed by atoms with Crippen molar-refractivity contribution in [2.75, 3.05) is 39.2 Å². The van der Waals surface area contributed by atoms with Crippen molar-refractivity contribution < 1.29 is 14.3 Å². The van der Waals surface area contributed by atoms with Crippen LogP contribution in [0.15, 0.2) is 48.9 Å². The molecule has 1 atom stereocenters. The molecule has 1 aliphatic heterocycles. The lowest BCUT2D eigenvalue weighted by Gasteiger charge is -2.26. The van der Waals surface area contributed by atoms with Crippen LogP contribution in [0, 0.1) is 6.92 Å². The van der Waals surface area contributed by atoms with Crippen molar-refractivity contribution in [3.05, 3.63) is 65.6 Å². The molecule has 186 valence electrons. The van der Waals surface area contributed by atoms with E-state index in [9.17, 15) is 4.79 Å². The molecule has 36 heavy (non-hydrogen) atoms. The Morgan fingerprint density at radius 2 is 2.06 bits per heavy atom. The van der Waals surface area contributed by atoms with Crippen molar-refractivity contribution in [3.8, 4) is 17.0 Å². The van der Waals surface area contributed by atoms with Crippen molar-refractivity contribution in [2.45, 2.75) is 25.8 Å². The van der Waals surface area contributed by atoms with Gasteiger partial charge in [0, 0.05) is 42.1 Å². The Labute approximate surface area is 209 Å². The summed E-state index contributed by atoms with van der Waals surface area (Å²) in [6.45, 7) is 6.27. The number of amides is 1. The summed E-state index contributed by atoms with van der Waals surface area (Å²) in [4.78, 5) is 20.9. The second kappa shape index (κ2) is 9.94. The molecule has 1 fully saturated rings. The van der Waals surface area contributed by atoms with Crippen LogP contribution in [-0.2, 0) is 4.74 Å². The highest BCUT2D eigenvalue weighted by Crippen LogP contribution is 2.32. The molecule has 0 bridgehead atoms. The Kier molecular flexibility index (Phi) is 6.56. The molecule has 0 spiro atoms.